The van der Waals surface area contributed by atoms with Crippen molar-refractivity contribution in [1.82, 2.24) is 4.31 Å². The van der Waals surface area contributed by atoms with Crippen molar-refractivity contribution in [1.29, 1.82) is 0 Å². The van der Waals surface area contributed by atoms with E-state index in [1.54, 1.807) is 55.6 Å². The van der Waals surface area contributed by atoms with E-state index in [2.05, 4.69) is 5.32 Å². The standard InChI is InChI=1S/C19H22N2O5S/c1-14(22)16-5-4-6-17(11-16)20-19(23)13-21(27(3,24)25)12-15-7-9-18(26-2)10-8-15/h4-11H,12-13H2,1-3H3,(H,20,23). The summed E-state index contributed by atoms with van der Waals surface area (Å²) in [6, 6.07) is 13.4. The lowest BCUT2D eigenvalue weighted by atomic mass is 10.1. The average molecular weight is 390 g/mol. The Morgan fingerprint density at radius 2 is 1.78 bits per heavy atom. The number of sulfonamides is 1. The summed E-state index contributed by atoms with van der Waals surface area (Å²) in [5.74, 6) is 0.0470. The SMILES string of the molecule is COc1ccc(CN(CC(=O)Nc2cccc(C(C)=O)c2)S(C)(=O)=O)cc1. The maximum Gasteiger partial charge on any atom is 0.239 e. The number of amides is 1. The van der Waals surface area contributed by atoms with E-state index in [1.807, 2.05) is 0 Å². The third-order valence-corrected chi connectivity index (χ3v) is 5.06. The van der Waals surface area contributed by atoms with E-state index >= 15 is 0 Å². The predicted molar refractivity (Wildman–Crippen MR) is 103 cm³/mol. The van der Waals surface area contributed by atoms with Gasteiger partial charge in [0.1, 0.15) is 5.75 Å². The molecule has 0 spiro atoms. The molecule has 7 nitrogen and oxygen atoms in total. The molecule has 0 bridgehead atoms. The van der Waals surface area contributed by atoms with Gasteiger partial charge in [-0.2, -0.15) is 4.31 Å². The molecule has 27 heavy (non-hydrogen) atoms. The molecule has 0 aliphatic heterocycles. The van der Waals surface area contributed by atoms with Crippen LogP contribution in [0.5, 0.6) is 5.75 Å². The maximum atomic E-state index is 12.3. The molecule has 0 saturated carbocycles. The van der Waals surface area contributed by atoms with Gasteiger partial charge in [0.05, 0.1) is 19.9 Å². The first-order chi connectivity index (χ1) is 12.7. The number of anilines is 1. The van der Waals surface area contributed by atoms with E-state index in [0.717, 1.165) is 16.1 Å². The third-order valence-electron chi connectivity index (χ3n) is 3.86. The smallest absolute Gasteiger partial charge is 0.239 e. The Hall–Kier alpha value is -2.71. The van der Waals surface area contributed by atoms with E-state index in [-0.39, 0.29) is 18.9 Å². The van der Waals surface area contributed by atoms with Crippen molar-refractivity contribution in [3.8, 4) is 5.75 Å². The highest BCUT2D eigenvalue weighted by atomic mass is 32.2. The minimum atomic E-state index is -3.60. The summed E-state index contributed by atoms with van der Waals surface area (Å²) >= 11 is 0. The van der Waals surface area contributed by atoms with Gasteiger partial charge < -0.3 is 10.1 Å². The normalized spacial score (nSPS) is 11.3. The van der Waals surface area contributed by atoms with Crippen LogP contribution in [0, 0.1) is 0 Å². The molecule has 8 heteroatoms. The summed E-state index contributed by atoms with van der Waals surface area (Å²) in [6.45, 7) is 1.15. The molecule has 2 rings (SSSR count). The van der Waals surface area contributed by atoms with Gasteiger partial charge in [0, 0.05) is 17.8 Å². The van der Waals surface area contributed by atoms with Crippen molar-refractivity contribution in [3.05, 3.63) is 59.7 Å². The van der Waals surface area contributed by atoms with Crippen LogP contribution in [0.1, 0.15) is 22.8 Å². The molecule has 1 amide bonds. The van der Waals surface area contributed by atoms with E-state index in [0.29, 0.717) is 17.0 Å². The Morgan fingerprint density at radius 1 is 1.11 bits per heavy atom. The van der Waals surface area contributed by atoms with Gasteiger partial charge in [0.15, 0.2) is 5.78 Å². The number of nitrogens with zero attached hydrogens (tertiary/aromatic N) is 1. The van der Waals surface area contributed by atoms with Crippen LogP contribution >= 0.6 is 0 Å². The lowest BCUT2D eigenvalue weighted by Gasteiger charge is -2.20. The van der Waals surface area contributed by atoms with Crippen LogP contribution in [0.2, 0.25) is 0 Å². The quantitative estimate of drug-likeness (QED) is 0.698. The number of methoxy groups -OCH3 is 1. The number of carbonyl (C=O) groups excluding carboxylic acids is 2. The van der Waals surface area contributed by atoms with Crippen molar-refractivity contribution < 1.29 is 22.7 Å². The van der Waals surface area contributed by atoms with Gasteiger partial charge in [-0.1, -0.05) is 24.3 Å². The number of ketones is 1. The van der Waals surface area contributed by atoms with Crippen LogP contribution in [-0.2, 0) is 21.4 Å². The molecule has 0 aromatic heterocycles. The fourth-order valence-electron chi connectivity index (χ4n) is 2.40. The second kappa shape index (κ2) is 8.79. The fraction of sp³-hybridized carbons (Fsp3) is 0.263. The number of Topliss-reactive ketones (excluding diaryl/α,β-unsaturated/α-hetero) is 1. The average Bonchev–Trinajstić information content (AvgIpc) is 2.61. The highest BCUT2D eigenvalue weighted by Crippen LogP contribution is 2.15. The highest BCUT2D eigenvalue weighted by molar-refractivity contribution is 7.88. The molecule has 1 N–H and O–H groups in total. The van der Waals surface area contributed by atoms with Crippen molar-refractivity contribution in [2.45, 2.75) is 13.5 Å². The fourth-order valence-corrected chi connectivity index (χ4v) is 3.14. The second-order valence-corrected chi connectivity index (χ2v) is 8.05. The summed E-state index contributed by atoms with van der Waals surface area (Å²) in [6.07, 6.45) is 1.06. The zero-order chi connectivity index (χ0) is 20.0. The van der Waals surface area contributed by atoms with Crippen LogP contribution in [-0.4, -0.2) is 44.3 Å². The second-order valence-electron chi connectivity index (χ2n) is 6.06. The number of hydrogen-bond acceptors (Lipinski definition) is 5. The molecule has 0 fully saturated rings. The summed E-state index contributed by atoms with van der Waals surface area (Å²) in [5, 5.41) is 2.63. The number of rotatable bonds is 8. The third kappa shape index (κ3) is 6.19. The van der Waals surface area contributed by atoms with Gasteiger partial charge in [-0.25, -0.2) is 8.42 Å². The molecule has 2 aromatic carbocycles. The molecule has 2 aromatic rings. The molecule has 0 saturated heterocycles. The molecule has 0 unspecified atom stereocenters. The lowest BCUT2D eigenvalue weighted by Crippen LogP contribution is -2.36. The molecular formula is C19H22N2O5S. The first-order valence-corrected chi connectivity index (χ1v) is 10.0. The van der Waals surface area contributed by atoms with E-state index in [9.17, 15) is 18.0 Å². The Morgan fingerprint density at radius 3 is 2.33 bits per heavy atom. The number of ether oxygens (including phenoxy) is 1. The largest absolute Gasteiger partial charge is 0.497 e. The first-order valence-electron chi connectivity index (χ1n) is 8.18. The van der Waals surface area contributed by atoms with Crippen molar-refractivity contribution in [2.75, 3.05) is 25.2 Å². The number of benzene rings is 2. The van der Waals surface area contributed by atoms with Gasteiger partial charge in [-0.15, -0.1) is 0 Å². The Balaban J connectivity index is 2.10. The van der Waals surface area contributed by atoms with Gasteiger partial charge >= 0.3 is 0 Å². The lowest BCUT2D eigenvalue weighted by molar-refractivity contribution is -0.116. The minimum Gasteiger partial charge on any atom is -0.497 e. The molecule has 144 valence electrons. The minimum absolute atomic E-state index is 0.0593. The first kappa shape index (κ1) is 20.6. The molecule has 0 aliphatic rings. The van der Waals surface area contributed by atoms with E-state index in [4.69, 9.17) is 4.74 Å². The highest BCUT2D eigenvalue weighted by Gasteiger charge is 2.21. The molecular weight excluding hydrogens is 368 g/mol. The van der Waals surface area contributed by atoms with Crippen LogP contribution in [0.25, 0.3) is 0 Å². The Labute approximate surface area is 159 Å². The zero-order valence-corrected chi connectivity index (χ0v) is 16.2. The number of carbonyl (C=O) groups is 2. The molecule has 0 radical (unpaired) electrons. The van der Waals surface area contributed by atoms with Gasteiger partial charge in [-0.05, 0) is 36.8 Å². The molecule has 0 atom stereocenters. The van der Waals surface area contributed by atoms with Crippen LogP contribution < -0.4 is 10.1 Å². The van der Waals surface area contributed by atoms with Gasteiger partial charge in [0.25, 0.3) is 0 Å². The maximum absolute atomic E-state index is 12.3. The van der Waals surface area contributed by atoms with Gasteiger partial charge in [-0.3, -0.25) is 9.59 Å². The Kier molecular flexibility index (Phi) is 6.70. The molecule has 0 aliphatic carbocycles. The van der Waals surface area contributed by atoms with Crippen molar-refractivity contribution in [2.24, 2.45) is 0 Å². The molecule has 0 heterocycles. The van der Waals surface area contributed by atoms with E-state index < -0.39 is 15.9 Å². The summed E-state index contributed by atoms with van der Waals surface area (Å²) in [7, 11) is -2.06. The van der Waals surface area contributed by atoms with Crippen molar-refractivity contribution in [3.63, 3.8) is 0 Å². The zero-order valence-electron chi connectivity index (χ0n) is 15.4. The van der Waals surface area contributed by atoms with Crippen LogP contribution in [0.4, 0.5) is 5.69 Å². The van der Waals surface area contributed by atoms with Crippen LogP contribution in [0.15, 0.2) is 48.5 Å². The summed E-state index contributed by atoms with van der Waals surface area (Å²) in [5.41, 5.74) is 1.63. The monoisotopic (exact) mass is 390 g/mol. The number of nitrogens with one attached hydrogen (secondary N) is 1. The van der Waals surface area contributed by atoms with Crippen molar-refractivity contribution >= 4 is 27.4 Å². The topological polar surface area (TPSA) is 92.8 Å². The van der Waals surface area contributed by atoms with Gasteiger partial charge in [0.2, 0.25) is 15.9 Å². The summed E-state index contributed by atoms with van der Waals surface area (Å²) < 4.78 is 30.3. The number of hydrogen-bond donors (Lipinski definition) is 1. The van der Waals surface area contributed by atoms with Crippen LogP contribution in [0.3, 0.4) is 0 Å². The Bertz CT molecular complexity index is 923. The summed E-state index contributed by atoms with van der Waals surface area (Å²) in [4.78, 5) is 23.8. The predicted octanol–water partition coefficient (Wildman–Crippen LogP) is 2.30. The van der Waals surface area contributed by atoms with E-state index in [1.165, 1.54) is 6.92 Å².